The fourth-order valence-corrected chi connectivity index (χ4v) is 3.74. The first-order valence-corrected chi connectivity index (χ1v) is 10.4. The Morgan fingerprint density at radius 2 is 2.04 bits per heavy atom. The summed E-state index contributed by atoms with van der Waals surface area (Å²) in [5.41, 5.74) is 1.36. The van der Waals surface area contributed by atoms with Crippen LogP contribution in [0.15, 0.2) is 39.1 Å². The van der Waals surface area contributed by atoms with Gasteiger partial charge in [-0.3, -0.25) is 14.5 Å². The van der Waals surface area contributed by atoms with Crippen LogP contribution in [0.3, 0.4) is 0 Å². The van der Waals surface area contributed by atoms with Crippen LogP contribution in [0, 0.1) is 0 Å². The normalized spacial score (nSPS) is 15.7. The maximum atomic E-state index is 12.1. The van der Waals surface area contributed by atoms with Crippen molar-refractivity contribution < 1.29 is 19.4 Å². The van der Waals surface area contributed by atoms with Crippen LogP contribution < -0.4 is 4.74 Å². The van der Waals surface area contributed by atoms with E-state index in [4.69, 9.17) is 4.74 Å². The summed E-state index contributed by atoms with van der Waals surface area (Å²) < 4.78 is 6.24. The molecule has 10 heteroatoms. The second-order valence-electron chi connectivity index (χ2n) is 5.45. The standard InChI is InChI=1S/C17H14BrN3O4S2/c1-21-15(23)14(27-17(21)24)4-10-3-13(12(22)5-11(10)18)25-8-9-6-19-16(26-2)20-7-9/h3-7,22H,8H2,1-2H3/b14-4-. The van der Waals surface area contributed by atoms with Crippen LogP contribution in [-0.4, -0.2) is 44.4 Å². The van der Waals surface area contributed by atoms with E-state index in [9.17, 15) is 14.7 Å². The molecule has 140 valence electrons. The fraction of sp³-hybridized carbons (Fsp3) is 0.176. The van der Waals surface area contributed by atoms with Crippen LogP contribution in [0.25, 0.3) is 6.08 Å². The van der Waals surface area contributed by atoms with E-state index in [1.807, 2.05) is 6.26 Å². The van der Waals surface area contributed by atoms with Crippen molar-refractivity contribution in [1.82, 2.24) is 14.9 Å². The molecule has 0 unspecified atom stereocenters. The number of likely N-dealkylation sites (N-methyl/N-ethyl adjacent to an activating group) is 1. The zero-order valence-electron chi connectivity index (χ0n) is 14.3. The summed E-state index contributed by atoms with van der Waals surface area (Å²) in [7, 11) is 1.43. The number of rotatable bonds is 5. The van der Waals surface area contributed by atoms with Gasteiger partial charge in [0.2, 0.25) is 0 Å². The summed E-state index contributed by atoms with van der Waals surface area (Å²) in [6, 6.07) is 3.07. The molecule has 27 heavy (non-hydrogen) atoms. The number of aromatic hydroxyl groups is 1. The first-order chi connectivity index (χ1) is 12.9. The predicted molar refractivity (Wildman–Crippen MR) is 108 cm³/mol. The van der Waals surface area contributed by atoms with Crippen LogP contribution in [0.2, 0.25) is 0 Å². The Balaban J connectivity index is 1.81. The van der Waals surface area contributed by atoms with Gasteiger partial charge in [-0.05, 0) is 41.8 Å². The molecule has 1 aromatic heterocycles. The maximum absolute atomic E-state index is 12.1. The van der Waals surface area contributed by atoms with Gasteiger partial charge in [0.15, 0.2) is 16.7 Å². The number of ether oxygens (including phenoxy) is 1. The molecule has 0 spiro atoms. The van der Waals surface area contributed by atoms with E-state index in [1.165, 1.54) is 24.9 Å². The number of imide groups is 1. The minimum atomic E-state index is -0.363. The number of thioether (sulfide) groups is 2. The van der Waals surface area contributed by atoms with E-state index in [2.05, 4.69) is 25.9 Å². The molecule has 2 aromatic rings. The molecule has 0 aliphatic carbocycles. The molecule has 1 fully saturated rings. The third-order valence-corrected chi connectivity index (χ3v) is 5.83. The second-order valence-corrected chi connectivity index (χ2v) is 8.07. The molecular weight excluding hydrogens is 454 g/mol. The molecule has 1 N–H and O–H groups in total. The Labute approximate surface area is 172 Å². The summed E-state index contributed by atoms with van der Waals surface area (Å²) >= 11 is 5.66. The van der Waals surface area contributed by atoms with Crippen LogP contribution in [0.4, 0.5) is 4.79 Å². The van der Waals surface area contributed by atoms with Gasteiger partial charge in [0.25, 0.3) is 11.1 Å². The average molecular weight is 468 g/mol. The highest BCUT2D eigenvalue weighted by atomic mass is 79.9. The van der Waals surface area contributed by atoms with Crippen molar-refractivity contribution in [3.05, 3.63) is 45.0 Å². The maximum Gasteiger partial charge on any atom is 0.293 e. The van der Waals surface area contributed by atoms with Crippen molar-refractivity contribution >= 4 is 56.7 Å². The van der Waals surface area contributed by atoms with Crippen molar-refractivity contribution in [3.63, 3.8) is 0 Å². The highest BCUT2D eigenvalue weighted by Crippen LogP contribution is 2.37. The highest BCUT2D eigenvalue weighted by Gasteiger charge is 2.32. The van der Waals surface area contributed by atoms with Crippen LogP contribution in [0.1, 0.15) is 11.1 Å². The number of hydrogen-bond donors (Lipinski definition) is 1. The molecular formula is C17H14BrN3O4S2. The fourth-order valence-electron chi connectivity index (χ4n) is 2.16. The van der Waals surface area contributed by atoms with E-state index in [-0.39, 0.29) is 29.3 Å². The minimum absolute atomic E-state index is 0.0516. The van der Waals surface area contributed by atoms with Gasteiger partial charge >= 0.3 is 0 Å². The molecule has 2 amide bonds. The van der Waals surface area contributed by atoms with Gasteiger partial charge in [-0.2, -0.15) is 0 Å². The Morgan fingerprint density at radius 3 is 2.63 bits per heavy atom. The highest BCUT2D eigenvalue weighted by molar-refractivity contribution is 9.10. The minimum Gasteiger partial charge on any atom is -0.504 e. The third-order valence-electron chi connectivity index (χ3n) is 3.61. The average Bonchev–Trinajstić information content (AvgIpc) is 2.90. The lowest BCUT2D eigenvalue weighted by Gasteiger charge is -2.10. The number of amides is 2. The zero-order valence-corrected chi connectivity index (χ0v) is 17.5. The molecule has 7 nitrogen and oxygen atoms in total. The predicted octanol–water partition coefficient (Wildman–Crippen LogP) is 3.91. The van der Waals surface area contributed by atoms with Crippen LogP contribution >= 0.6 is 39.5 Å². The molecule has 1 aliphatic heterocycles. The van der Waals surface area contributed by atoms with Crippen molar-refractivity contribution in [3.8, 4) is 11.5 Å². The number of benzene rings is 1. The Hall–Kier alpha value is -2.04. The summed E-state index contributed by atoms with van der Waals surface area (Å²) in [6.07, 6.45) is 6.79. The molecule has 3 rings (SSSR count). The summed E-state index contributed by atoms with van der Waals surface area (Å²) in [5.74, 6) is -0.170. The smallest absolute Gasteiger partial charge is 0.293 e. The topological polar surface area (TPSA) is 92.6 Å². The molecule has 0 bridgehead atoms. The second kappa shape index (κ2) is 8.32. The van der Waals surface area contributed by atoms with E-state index < -0.39 is 0 Å². The lowest BCUT2D eigenvalue weighted by Crippen LogP contribution is -2.22. The van der Waals surface area contributed by atoms with E-state index in [0.29, 0.717) is 20.1 Å². The zero-order chi connectivity index (χ0) is 19.6. The van der Waals surface area contributed by atoms with E-state index >= 15 is 0 Å². The molecule has 0 saturated carbocycles. The quantitative estimate of drug-likeness (QED) is 0.401. The largest absolute Gasteiger partial charge is 0.504 e. The number of carbonyl (C=O) groups is 2. The van der Waals surface area contributed by atoms with Gasteiger partial charge < -0.3 is 9.84 Å². The monoisotopic (exact) mass is 467 g/mol. The van der Waals surface area contributed by atoms with Crippen molar-refractivity contribution in [2.24, 2.45) is 0 Å². The number of carbonyl (C=O) groups excluding carboxylic acids is 2. The molecule has 1 aromatic carbocycles. The summed E-state index contributed by atoms with van der Waals surface area (Å²) in [6.45, 7) is 0.175. The van der Waals surface area contributed by atoms with Gasteiger partial charge in [-0.1, -0.05) is 27.7 Å². The summed E-state index contributed by atoms with van der Waals surface area (Å²) in [5, 5.41) is 10.5. The van der Waals surface area contributed by atoms with Crippen LogP contribution in [-0.2, 0) is 11.4 Å². The first-order valence-electron chi connectivity index (χ1n) is 7.61. The Kier molecular flexibility index (Phi) is 6.08. The number of phenolic OH excluding ortho intramolecular Hbond substituents is 1. The first kappa shape index (κ1) is 19.7. The molecule has 1 aliphatic rings. The van der Waals surface area contributed by atoms with Crippen molar-refractivity contribution in [2.75, 3.05) is 13.3 Å². The molecule has 2 heterocycles. The van der Waals surface area contributed by atoms with Gasteiger partial charge in [0, 0.05) is 29.5 Å². The molecule has 0 atom stereocenters. The van der Waals surface area contributed by atoms with E-state index in [1.54, 1.807) is 24.5 Å². The van der Waals surface area contributed by atoms with Crippen molar-refractivity contribution in [1.29, 1.82) is 0 Å². The number of hydrogen-bond acceptors (Lipinski definition) is 8. The third kappa shape index (κ3) is 4.45. The van der Waals surface area contributed by atoms with Gasteiger partial charge in [-0.25, -0.2) is 9.97 Å². The van der Waals surface area contributed by atoms with Crippen LogP contribution in [0.5, 0.6) is 11.5 Å². The van der Waals surface area contributed by atoms with E-state index in [0.717, 1.165) is 22.2 Å². The lowest BCUT2D eigenvalue weighted by atomic mass is 10.2. The number of nitrogens with zero attached hydrogens (tertiary/aromatic N) is 3. The molecule has 1 saturated heterocycles. The number of aromatic nitrogens is 2. The van der Waals surface area contributed by atoms with Crippen molar-refractivity contribution in [2.45, 2.75) is 11.8 Å². The lowest BCUT2D eigenvalue weighted by molar-refractivity contribution is -0.121. The van der Waals surface area contributed by atoms with Gasteiger partial charge in [0.05, 0.1) is 4.91 Å². The SMILES string of the molecule is CSc1ncc(COc2cc(/C=C3\SC(=O)N(C)C3=O)c(Br)cc2O)cn1. The van der Waals surface area contributed by atoms with Gasteiger partial charge in [-0.15, -0.1) is 0 Å². The van der Waals surface area contributed by atoms with Gasteiger partial charge in [0.1, 0.15) is 6.61 Å². The Bertz CT molecular complexity index is 935. The Morgan fingerprint density at radius 1 is 1.33 bits per heavy atom. The molecule has 0 radical (unpaired) electrons. The summed E-state index contributed by atoms with van der Waals surface area (Å²) in [4.78, 5) is 33.4. The number of phenols is 1. The number of halogens is 1.